The van der Waals surface area contributed by atoms with E-state index in [1.807, 2.05) is 27.7 Å². The lowest BCUT2D eigenvalue weighted by molar-refractivity contribution is 0.00687. The molecule has 0 amide bonds. The van der Waals surface area contributed by atoms with Crippen molar-refractivity contribution < 1.29 is 9.53 Å². The fourth-order valence-electron chi connectivity index (χ4n) is 1.24. The molecule has 88 valence electrons. The lowest BCUT2D eigenvalue weighted by Gasteiger charge is -2.20. The van der Waals surface area contributed by atoms with Gasteiger partial charge in [-0.25, -0.2) is 4.79 Å². The summed E-state index contributed by atoms with van der Waals surface area (Å²) < 4.78 is 6.11. The molecule has 0 aliphatic heterocycles. The molecule has 16 heavy (non-hydrogen) atoms. The van der Waals surface area contributed by atoms with Crippen molar-refractivity contribution >= 4 is 27.6 Å². The van der Waals surface area contributed by atoms with E-state index >= 15 is 0 Å². The van der Waals surface area contributed by atoms with Gasteiger partial charge < -0.3 is 10.5 Å². The number of rotatable bonds is 1. The highest BCUT2D eigenvalue weighted by Gasteiger charge is 2.20. The van der Waals surface area contributed by atoms with Gasteiger partial charge in [-0.1, -0.05) is 15.9 Å². The summed E-state index contributed by atoms with van der Waals surface area (Å²) in [4.78, 5) is 11.9. The second-order valence-corrected chi connectivity index (χ2v) is 5.53. The number of carbonyl (C=O) groups is 1. The van der Waals surface area contributed by atoms with Gasteiger partial charge in [0.25, 0.3) is 0 Å². The maximum absolute atomic E-state index is 11.9. The lowest BCUT2D eigenvalue weighted by atomic mass is 10.1. The molecular weight excluding hydrogens is 270 g/mol. The van der Waals surface area contributed by atoms with Crippen LogP contribution in [0.4, 0.5) is 5.69 Å². The van der Waals surface area contributed by atoms with Gasteiger partial charge in [0, 0.05) is 10.2 Å². The molecule has 1 aromatic rings. The minimum Gasteiger partial charge on any atom is -0.456 e. The van der Waals surface area contributed by atoms with Gasteiger partial charge in [-0.2, -0.15) is 0 Å². The molecule has 1 rings (SSSR count). The van der Waals surface area contributed by atoms with Gasteiger partial charge in [-0.05, 0) is 45.4 Å². The predicted octanol–water partition coefficient (Wildman–Crippen LogP) is 3.30. The molecule has 0 aliphatic carbocycles. The zero-order chi connectivity index (χ0) is 12.5. The third-order valence-electron chi connectivity index (χ3n) is 1.99. The molecule has 0 radical (unpaired) electrons. The van der Waals surface area contributed by atoms with E-state index in [2.05, 4.69) is 15.9 Å². The van der Waals surface area contributed by atoms with Crippen molar-refractivity contribution in [3.8, 4) is 0 Å². The normalized spacial score (nSPS) is 11.3. The number of nitrogens with two attached hydrogens (primary N) is 1. The Balaban J connectivity index is 3.09. The first-order valence-corrected chi connectivity index (χ1v) is 5.79. The molecule has 3 nitrogen and oxygen atoms in total. The molecule has 1 aromatic carbocycles. The Bertz CT molecular complexity index is 422. The molecule has 0 saturated heterocycles. The molecular formula is C12H16BrNO2. The van der Waals surface area contributed by atoms with Crippen molar-refractivity contribution in [3.05, 3.63) is 27.7 Å². The smallest absolute Gasteiger partial charge is 0.339 e. The van der Waals surface area contributed by atoms with Crippen LogP contribution in [-0.2, 0) is 4.74 Å². The molecule has 0 saturated carbocycles. The first kappa shape index (κ1) is 13.0. The average molecular weight is 286 g/mol. The van der Waals surface area contributed by atoms with Crippen LogP contribution in [0.5, 0.6) is 0 Å². The van der Waals surface area contributed by atoms with Gasteiger partial charge in [0.15, 0.2) is 0 Å². The highest BCUT2D eigenvalue weighted by Crippen LogP contribution is 2.25. The van der Waals surface area contributed by atoms with E-state index in [1.165, 1.54) is 0 Å². The Kier molecular flexibility index (Phi) is 3.63. The third kappa shape index (κ3) is 3.23. The molecule has 0 unspecified atom stereocenters. The van der Waals surface area contributed by atoms with E-state index in [4.69, 9.17) is 10.5 Å². The molecule has 0 aromatic heterocycles. The third-order valence-corrected chi connectivity index (χ3v) is 2.81. The Hall–Kier alpha value is -1.03. The molecule has 0 bridgehead atoms. The van der Waals surface area contributed by atoms with Crippen LogP contribution < -0.4 is 5.73 Å². The van der Waals surface area contributed by atoms with Crippen LogP contribution in [0.25, 0.3) is 0 Å². The number of benzene rings is 1. The van der Waals surface area contributed by atoms with Crippen LogP contribution in [0.2, 0.25) is 0 Å². The second kappa shape index (κ2) is 4.45. The maximum Gasteiger partial charge on any atom is 0.339 e. The van der Waals surface area contributed by atoms with Crippen molar-refractivity contribution in [1.82, 2.24) is 0 Å². The Morgan fingerprint density at radius 3 is 2.44 bits per heavy atom. The topological polar surface area (TPSA) is 52.3 Å². The fourth-order valence-corrected chi connectivity index (χ4v) is 1.72. The van der Waals surface area contributed by atoms with Crippen molar-refractivity contribution in [2.75, 3.05) is 5.73 Å². The zero-order valence-electron chi connectivity index (χ0n) is 9.93. The summed E-state index contributed by atoms with van der Waals surface area (Å²) >= 11 is 3.36. The van der Waals surface area contributed by atoms with E-state index in [-0.39, 0.29) is 5.97 Å². The summed E-state index contributed by atoms with van der Waals surface area (Å²) in [6.07, 6.45) is 0. The Morgan fingerprint density at radius 2 is 1.94 bits per heavy atom. The SMILES string of the molecule is Cc1c(Br)cc(N)cc1C(=O)OC(C)(C)C. The van der Waals surface area contributed by atoms with E-state index in [1.54, 1.807) is 12.1 Å². The van der Waals surface area contributed by atoms with Crippen LogP contribution in [0, 0.1) is 6.92 Å². The first-order chi connectivity index (χ1) is 7.20. The second-order valence-electron chi connectivity index (χ2n) is 4.68. The fraction of sp³-hybridized carbons (Fsp3) is 0.417. The minimum absolute atomic E-state index is 0.349. The Labute approximate surface area is 104 Å². The Morgan fingerprint density at radius 1 is 1.38 bits per heavy atom. The van der Waals surface area contributed by atoms with E-state index in [0.717, 1.165) is 10.0 Å². The van der Waals surface area contributed by atoms with Crippen molar-refractivity contribution in [1.29, 1.82) is 0 Å². The summed E-state index contributed by atoms with van der Waals surface area (Å²) in [5, 5.41) is 0. The lowest BCUT2D eigenvalue weighted by Crippen LogP contribution is -2.24. The quantitative estimate of drug-likeness (QED) is 0.636. The number of ether oxygens (including phenoxy) is 1. The van der Waals surface area contributed by atoms with Gasteiger partial charge in [-0.15, -0.1) is 0 Å². The number of halogens is 1. The summed E-state index contributed by atoms with van der Waals surface area (Å²) in [6.45, 7) is 7.35. The molecule has 0 spiro atoms. The van der Waals surface area contributed by atoms with Crippen molar-refractivity contribution in [3.63, 3.8) is 0 Å². The number of carbonyl (C=O) groups excluding carboxylic acids is 1. The minimum atomic E-state index is -0.499. The van der Waals surface area contributed by atoms with Gasteiger partial charge in [0.2, 0.25) is 0 Å². The number of anilines is 1. The molecule has 0 atom stereocenters. The number of hydrogen-bond donors (Lipinski definition) is 1. The summed E-state index contributed by atoms with van der Waals surface area (Å²) in [5.41, 5.74) is 7.07. The number of esters is 1. The molecule has 4 heteroatoms. The van der Waals surface area contributed by atoms with Gasteiger partial charge in [0.1, 0.15) is 5.60 Å². The highest BCUT2D eigenvalue weighted by molar-refractivity contribution is 9.10. The van der Waals surface area contributed by atoms with Gasteiger partial charge >= 0.3 is 5.97 Å². The molecule has 0 heterocycles. The van der Waals surface area contributed by atoms with Gasteiger partial charge in [0.05, 0.1) is 5.56 Å². The van der Waals surface area contributed by atoms with Crippen LogP contribution >= 0.6 is 15.9 Å². The molecule has 0 fully saturated rings. The summed E-state index contributed by atoms with van der Waals surface area (Å²) in [5.74, 6) is -0.349. The van der Waals surface area contributed by atoms with E-state index in [9.17, 15) is 4.79 Å². The number of nitrogen functional groups attached to an aromatic ring is 1. The van der Waals surface area contributed by atoms with Crippen LogP contribution in [0.3, 0.4) is 0 Å². The maximum atomic E-state index is 11.9. The van der Waals surface area contributed by atoms with Crippen molar-refractivity contribution in [2.45, 2.75) is 33.3 Å². The van der Waals surface area contributed by atoms with E-state index in [0.29, 0.717) is 11.3 Å². The monoisotopic (exact) mass is 285 g/mol. The number of hydrogen-bond acceptors (Lipinski definition) is 3. The standard InChI is InChI=1S/C12H16BrNO2/c1-7-9(5-8(14)6-10(7)13)11(15)16-12(2,3)4/h5-6H,14H2,1-4H3. The predicted molar refractivity (Wildman–Crippen MR) is 68.5 cm³/mol. The molecule has 0 aliphatic rings. The molecule has 2 N–H and O–H groups in total. The van der Waals surface area contributed by atoms with Crippen LogP contribution in [-0.4, -0.2) is 11.6 Å². The average Bonchev–Trinajstić information content (AvgIpc) is 2.08. The van der Waals surface area contributed by atoms with Crippen molar-refractivity contribution in [2.24, 2.45) is 0 Å². The van der Waals surface area contributed by atoms with E-state index < -0.39 is 5.60 Å². The highest BCUT2D eigenvalue weighted by atomic mass is 79.9. The van der Waals surface area contributed by atoms with Crippen LogP contribution in [0.15, 0.2) is 16.6 Å². The van der Waals surface area contributed by atoms with Crippen LogP contribution in [0.1, 0.15) is 36.7 Å². The first-order valence-electron chi connectivity index (χ1n) is 4.99. The summed E-state index contributed by atoms with van der Waals surface area (Å²) in [6, 6.07) is 3.40. The van der Waals surface area contributed by atoms with Gasteiger partial charge in [-0.3, -0.25) is 0 Å². The largest absolute Gasteiger partial charge is 0.456 e. The zero-order valence-corrected chi connectivity index (χ0v) is 11.5. The summed E-state index contributed by atoms with van der Waals surface area (Å²) in [7, 11) is 0.